The molecule has 2 aromatic rings. The molecule has 0 saturated carbocycles. The van der Waals surface area contributed by atoms with Crippen molar-refractivity contribution in [1.82, 2.24) is 15.3 Å². The molecular weight excluding hydrogens is 250 g/mol. The highest BCUT2D eigenvalue weighted by Gasteiger charge is 2.03. The number of aryl methyl sites for hydroxylation is 1. The van der Waals surface area contributed by atoms with Crippen LogP contribution in [0.1, 0.15) is 25.2 Å². The van der Waals surface area contributed by atoms with Crippen molar-refractivity contribution in [3.05, 3.63) is 48.0 Å². The maximum atomic E-state index is 5.85. The maximum absolute atomic E-state index is 5.85. The molecule has 0 aliphatic carbocycles. The molecule has 2 rings (SSSR count). The second kappa shape index (κ2) is 7.01. The van der Waals surface area contributed by atoms with Crippen LogP contribution in [0.2, 0.25) is 0 Å². The van der Waals surface area contributed by atoms with E-state index < -0.39 is 0 Å². The van der Waals surface area contributed by atoms with Gasteiger partial charge in [-0.05, 0) is 37.6 Å². The van der Waals surface area contributed by atoms with Crippen LogP contribution in [-0.4, -0.2) is 16.5 Å². The van der Waals surface area contributed by atoms with Gasteiger partial charge in [-0.1, -0.05) is 13.8 Å². The lowest BCUT2D eigenvalue weighted by Gasteiger charge is -2.10. The summed E-state index contributed by atoms with van der Waals surface area (Å²) in [5.74, 6) is 2.20. The summed E-state index contributed by atoms with van der Waals surface area (Å²) >= 11 is 0. The minimum atomic E-state index is 0.632. The predicted molar refractivity (Wildman–Crippen MR) is 79.8 cm³/mol. The molecule has 0 unspecified atom stereocenters. The first kappa shape index (κ1) is 14.5. The van der Waals surface area contributed by atoms with Crippen molar-refractivity contribution in [2.45, 2.75) is 27.3 Å². The monoisotopic (exact) mass is 271 g/mol. The SMILES string of the molecule is Cc1ncccc1Oc1ccnc(CNCC(C)C)c1. The van der Waals surface area contributed by atoms with Gasteiger partial charge in [0.1, 0.15) is 11.5 Å². The Balaban J connectivity index is 2.01. The predicted octanol–water partition coefficient (Wildman–Crippen LogP) is 3.32. The third-order valence-electron chi connectivity index (χ3n) is 2.83. The molecule has 0 aliphatic rings. The molecule has 4 heteroatoms. The van der Waals surface area contributed by atoms with Gasteiger partial charge in [-0.3, -0.25) is 9.97 Å². The second-order valence-electron chi connectivity index (χ2n) is 5.20. The second-order valence-corrected chi connectivity index (χ2v) is 5.20. The van der Waals surface area contributed by atoms with E-state index >= 15 is 0 Å². The van der Waals surface area contributed by atoms with Crippen LogP contribution >= 0.6 is 0 Å². The fourth-order valence-corrected chi connectivity index (χ4v) is 1.81. The fraction of sp³-hybridized carbons (Fsp3) is 0.375. The fourth-order valence-electron chi connectivity index (χ4n) is 1.81. The summed E-state index contributed by atoms with van der Waals surface area (Å²) in [5, 5.41) is 3.37. The van der Waals surface area contributed by atoms with E-state index in [1.165, 1.54) is 0 Å². The van der Waals surface area contributed by atoms with Crippen LogP contribution < -0.4 is 10.1 Å². The number of aromatic nitrogens is 2. The van der Waals surface area contributed by atoms with Crippen molar-refractivity contribution in [2.24, 2.45) is 5.92 Å². The summed E-state index contributed by atoms with van der Waals surface area (Å²) in [6.07, 6.45) is 3.53. The Kier molecular flexibility index (Phi) is 5.07. The Bertz CT molecular complexity index is 555. The highest BCUT2D eigenvalue weighted by molar-refractivity contribution is 5.33. The van der Waals surface area contributed by atoms with Crippen molar-refractivity contribution >= 4 is 0 Å². The Morgan fingerprint density at radius 1 is 1.20 bits per heavy atom. The maximum Gasteiger partial charge on any atom is 0.148 e. The van der Waals surface area contributed by atoms with E-state index in [9.17, 15) is 0 Å². The van der Waals surface area contributed by atoms with Crippen LogP contribution in [0.5, 0.6) is 11.5 Å². The van der Waals surface area contributed by atoms with Crippen LogP contribution in [0.25, 0.3) is 0 Å². The summed E-state index contributed by atoms with van der Waals surface area (Å²) in [6, 6.07) is 7.60. The summed E-state index contributed by atoms with van der Waals surface area (Å²) in [5.41, 5.74) is 1.86. The molecule has 2 aromatic heterocycles. The van der Waals surface area contributed by atoms with Gasteiger partial charge in [-0.15, -0.1) is 0 Å². The molecule has 0 saturated heterocycles. The smallest absolute Gasteiger partial charge is 0.148 e. The number of rotatable bonds is 6. The van der Waals surface area contributed by atoms with E-state index in [1.54, 1.807) is 12.4 Å². The summed E-state index contributed by atoms with van der Waals surface area (Å²) in [4.78, 5) is 8.56. The van der Waals surface area contributed by atoms with E-state index in [0.29, 0.717) is 5.92 Å². The zero-order valence-electron chi connectivity index (χ0n) is 12.3. The molecule has 0 aromatic carbocycles. The molecule has 20 heavy (non-hydrogen) atoms. The average molecular weight is 271 g/mol. The molecular formula is C16H21N3O. The van der Waals surface area contributed by atoms with E-state index in [2.05, 4.69) is 29.1 Å². The topological polar surface area (TPSA) is 47.0 Å². The van der Waals surface area contributed by atoms with Crippen molar-refractivity contribution in [3.8, 4) is 11.5 Å². The highest BCUT2D eigenvalue weighted by Crippen LogP contribution is 2.23. The van der Waals surface area contributed by atoms with Gasteiger partial charge in [-0.2, -0.15) is 0 Å². The number of nitrogens with one attached hydrogen (secondary N) is 1. The Hall–Kier alpha value is -1.94. The zero-order chi connectivity index (χ0) is 14.4. The molecule has 106 valence electrons. The molecule has 0 atom stereocenters. The minimum absolute atomic E-state index is 0.632. The van der Waals surface area contributed by atoms with Crippen LogP contribution in [0.15, 0.2) is 36.7 Å². The van der Waals surface area contributed by atoms with Gasteiger partial charge < -0.3 is 10.1 Å². The van der Waals surface area contributed by atoms with Crippen molar-refractivity contribution in [3.63, 3.8) is 0 Å². The number of hydrogen-bond acceptors (Lipinski definition) is 4. The third-order valence-corrected chi connectivity index (χ3v) is 2.83. The van der Waals surface area contributed by atoms with Crippen LogP contribution in [0, 0.1) is 12.8 Å². The molecule has 0 fully saturated rings. The van der Waals surface area contributed by atoms with Crippen LogP contribution in [0.3, 0.4) is 0 Å². The van der Waals surface area contributed by atoms with E-state index in [-0.39, 0.29) is 0 Å². The Morgan fingerprint density at radius 3 is 2.80 bits per heavy atom. The standard InChI is InChI=1S/C16H21N3O/c1-12(2)10-17-11-14-9-15(6-8-19-14)20-16-5-4-7-18-13(16)3/h4-9,12,17H,10-11H2,1-3H3. The lowest BCUT2D eigenvalue weighted by molar-refractivity contribution is 0.473. The third kappa shape index (κ3) is 4.31. The first-order chi connectivity index (χ1) is 9.65. The van der Waals surface area contributed by atoms with Crippen molar-refractivity contribution < 1.29 is 4.74 Å². The minimum Gasteiger partial charge on any atom is -0.455 e. The quantitative estimate of drug-likeness (QED) is 0.875. The summed E-state index contributed by atoms with van der Waals surface area (Å²) in [7, 11) is 0. The average Bonchev–Trinajstić information content (AvgIpc) is 2.41. The number of hydrogen-bond donors (Lipinski definition) is 1. The van der Waals surface area contributed by atoms with Gasteiger partial charge in [0.25, 0.3) is 0 Å². The van der Waals surface area contributed by atoms with E-state index in [4.69, 9.17) is 4.74 Å². The van der Waals surface area contributed by atoms with Gasteiger partial charge in [-0.25, -0.2) is 0 Å². The molecule has 0 amide bonds. The number of nitrogens with zero attached hydrogens (tertiary/aromatic N) is 2. The molecule has 0 aliphatic heterocycles. The van der Waals surface area contributed by atoms with Crippen molar-refractivity contribution in [1.29, 1.82) is 0 Å². The Labute approximate surface area is 120 Å². The normalized spacial score (nSPS) is 10.8. The van der Waals surface area contributed by atoms with E-state index in [1.807, 2.05) is 31.2 Å². The lowest BCUT2D eigenvalue weighted by atomic mass is 10.2. The largest absolute Gasteiger partial charge is 0.455 e. The van der Waals surface area contributed by atoms with Crippen LogP contribution in [0.4, 0.5) is 0 Å². The zero-order valence-corrected chi connectivity index (χ0v) is 12.3. The van der Waals surface area contributed by atoms with Gasteiger partial charge in [0.15, 0.2) is 0 Å². The van der Waals surface area contributed by atoms with Crippen LogP contribution in [-0.2, 0) is 6.54 Å². The molecule has 0 spiro atoms. The van der Waals surface area contributed by atoms with Gasteiger partial charge >= 0.3 is 0 Å². The van der Waals surface area contributed by atoms with Gasteiger partial charge in [0.2, 0.25) is 0 Å². The molecule has 2 heterocycles. The molecule has 4 nitrogen and oxygen atoms in total. The lowest BCUT2D eigenvalue weighted by Crippen LogP contribution is -2.19. The van der Waals surface area contributed by atoms with E-state index in [0.717, 1.165) is 36.0 Å². The summed E-state index contributed by atoms with van der Waals surface area (Å²) in [6.45, 7) is 8.04. The van der Waals surface area contributed by atoms with Gasteiger partial charge in [0.05, 0.1) is 11.4 Å². The molecule has 0 bridgehead atoms. The Morgan fingerprint density at radius 2 is 2.05 bits per heavy atom. The number of pyridine rings is 2. The number of ether oxygens (including phenoxy) is 1. The first-order valence-electron chi connectivity index (χ1n) is 6.90. The summed E-state index contributed by atoms with van der Waals surface area (Å²) < 4.78 is 5.85. The van der Waals surface area contributed by atoms with Crippen molar-refractivity contribution in [2.75, 3.05) is 6.54 Å². The molecule has 1 N–H and O–H groups in total. The molecule has 0 radical (unpaired) electrons. The van der Waals surface area contributed by atoms with Gasteiger partial charge in [0, 0.05) is 25.0 Å². The highest BCUT2D eigenvalue weighted by atomic mass is 16.5. The first-order valence-corrected chi connectivity index (χ1v) is 6.90.